The first-order valence-corrected chi connectivity index (χ1v) is 5.64. The molecule has 4 heteroatoms. The standard InChI is InChI=1S/C12H11BrN2O/c13-10-3-1-9(2-4-10)7-15-6-5-12(16)11(14)8-15/h1-6,8H,7,14H2. The third-order valence-electron chi connectivity index (χ3n) is 2.29. The van der Waals surface area contributed by atoms with E-state index in [1.165, 1.54) is 6.07 Å². The summed E-state index contributed by atoms with van der Waals surface area (Å²) in [6.07, 6.45) is 3.39. The fraction of sp³-hybridized carbons (Fsp3) is 0.0833. The Morgan fingerprint density at radius 2 is 1.88 bits per heavy atom. The number of halogens is 1. The SMILES string of the molecule is Nc1cn(Cc2ccc(Br)cc2)ccc1=O. The monoisotopic (exact) mass is 278 g/mol. The molecule has 0 aliphatic rings. The van der Waals surface area contributed by atoms with Gasteiger partial charge in [-0.15, -0.1) is 0 Å². The predicted molar refractivity (Wildman–Crippen MR) is 68.4 cm³/mol. The van der Waals surface area contributed by atoms with Crippen molar-refractivity contribution in [2.24, 2.45) is 0 Å². The van der Waals surface area contributed by atoms with Crippen LogP contribution in [0, 0.1) is 0 Å². The van der Waals surface area contributed by atoms with Gasteiger partial charge in [-0.05, 0) is 17.7 Å². The Morgan fingerprint density at radius 1 is 1.19 bits per heavy atom. The van der Waals surface area contributed by atoms with Crippen molar-refractivity contribution in [1.29, 1.82) is 0 Å². The summed E-state index contributed by atoms with van der Waals surface area (Å²) in [5.41, 5.74) is 6.86. The average Bonchev–Trinajstić information content (AvgIpc) is 2.27. The molecule has 0 atom stereocenters. The maximum Gasteiger partial charge on any atom is 0.204 e. The Bertz CT molecular complexity index is 546. The van der Waals surface area contributed by atoms with Crippen LogP contribution in [0.5, 0.6) is 0 Å². The van der Waals surface area contributed by atoms with Gasteiger partial charge >= 0.3 is 0 Å². The second-order valence-corrected chi connectivity index (χ2v) is 4.48. The van der Waals surface area contributed by atoms with Crippen molar-refractivity contribution in [3.63, 3.8) is 0 Å². The zero-order chi connectivity index (χ0) is 11.5. The molecule has 0 amide bonds. The van der Waals surface area contributed by atoms with Gasteiger partial charge in [-0.2, -0.15) is 0 Å². The zero-order valence-corrected chi connectivity index (χ0v) is 10.1. The molecule has 0 aliphatic heterocycles. The zero-order valence-electron chi connectivity index (χ0n) is 8.56. The van der Waals surface area contributed by atoms with Gasteiger partial charge in [0.2, 0.25) is 5.43 Å². The van der Waals surface area contributed by atoms with E-state index in [0.29, 0.717) is 6.54 Å². The maximum absolute atomic E-state index is 11.1. The van der Waals surface area contributed by atoms with Crippen molar-refractivity contribution in [3.05, 3.63) is 63.0 Å². The molecule has 0 spiro atoms. The second-order valence-electron chi connectivity index (χ2n) is 3.56. The van der Waals surface area contributed by atoms with E-state index in [1.54, 1.807) is 12.4 Å². The third-order valence-corrected chi connectivity index (χ3v) is 2.81. The number of nitrogens with two attached hydrogens (primary N) is 1. The van der Waals surface area contributed by atoms with Crippen LogP contribution in [0.15, 0.2) is 52.0 Å². The molecule has 1 aromatic heterocycles. The fourth-order valence-electron chi connectivity index (χ4n) is 1.44. The van der Waals surface area contributed by atoms with Gasteiger partial charge in [0, 0.05) is 29.5 Å². The summed E-state index contributed by atoms with van der Waals surface area (Å²) in [4.78, 5) is 11.1. The summed E-state index contributed by atoms with van der Waals surface area (Å²) in [7, 11) is 0. The van der Waals surface area contributed by atoms with Gasteiger partial charge < -0.3 is 10.3 Å². The molecule has 0 radical (unpaired) electrons. The number of nitrogen functional groups attached to an aromatic ring is 1. The van der Waals surface area contributed by atoms with Gasteiger partial charge in [0.1, 0.15) is 0 Å². The molecule has 16 heavy (non-hydrogen) atoms. The van der Waals surface area contributed by atoms with Crippen LogP contribution in [0.2, 0.25) is 0 Å². The van der Waals surface area contributed by atoms with E-state index >= 15 is 0 Å². The van der Waals surface area contributed by atoms with E-state index < -0.39 is 0 Å². The van der Waals surface area contributed by atoms with Crippen molar-refractivity contribution >= 4 is 21.6 Å². The summed E-state index contributed by atoms with van der Waals surface area (Å²) >= 11 is 3.38. The molecule has 0 bridgehead atoms. The van der Waals surface area contributed by atoms with Gasteiger partial charge in [-0.25, -0.2) is 0 Å². The molecule has 1 heterocycles. The van der Waals surface area contributed by atoms with E-state index in [-0.39, 0.29) is 11.1 Å². The summed E-state index contributed by atoms with van der Waals surface area (Å²) in [6.45, 7) is 0.706. The maximum atomic E-state index is 11.1. The van der Waals surface area contributed by atoms with Gasteiger partial charge in [0.15, 0.2) is 0 Å². The van der Waals surface area contributed by atoms with Crippen LogP contribution < -0.4 is 11.2 Å². The lowest BCUT2D eigenvalue weighted by Gasteiger charge is -2.07. The van der Waals surface area contributed by atoms with Crippen LogP contribution in [0.25, 0.3) is 0 Å². The highest BCUT2D eigenvalue weighted by Gasteiger charge is 1.97. The molecule has 2 rings (SSSR count). The number of nitrogens with zero attached hydrogens (tertiary/aromatic N) is 1. The minimum atomic E-state index is -0.132. The highest BCUT2D eigenvalue weighted by Crippen LogP contribution is 2.11. The lowest BCUT2D eigenvalue weighted by molar-refractivity contribution is 0.791. The van der Waals surface area contributed by atoms with E-state index in [0.717, 1.165) is 10.0 Å². The summed E-state index contributed by atoms with van der Waals surface area (Å²) in [6, 6.07) is 9.51. The minimum Gasteiger partial charge on any atom is -0.394 e. The first-order valence-electron chi connectivity index (χ1n) is 4.85. The molecule has 0 saturated heterocycles. The van der Waals surface area contributed by atoms with Crippen LogP contribution in [-0.4, -0.2) is 4.57 Å². The van der Waals surface area contributed by atoms with E-state index in [2.05, 4.69) is 15.9 Å². The van der Waals surface area contributed by atoms with Crippen LogP contribution in [0.3, 0.4) is 0 Å². The van der Waals surface area contributed by atoms with E-state index in [9.17, 15) is 4.79 Å². The number of benzene rings is 1. The Kier molecular flexibility index (Phi) is 3.10. The Balaban J connectivity index is 2.23. The lowest BCUT2D eigenvalue weighted by atomic mass is 10.2. The second kappa shape index (κ2) is 4.53. The van der Waals surface area contributed by atoms with Crippen molar-refractivity contribution in [2.45, 2.75) is 6.54 Å². The summed E-state index contributed by atoms with van der Waals surface area (Å²) in [5, 5.41) is 0. The summed E-state index contributed by atoms with van der Waals surface area (Å²) in [5.74, 6) is 0. The largest absolute Gasteiger partial charge is 0.394 e. The molecule has 2 aromatic rings. The first kappa shape index (κ1) is 11.0. The molecule has 0 fully saturated rings. The molecule has 2 N–H and O–H groups in total. The number of hydrogen-bond acceptors (Lipinski definition) is 2. The lowest BCUT2D eigenvalue weighted by Crippen LogP contribution is -2.11. The molecule has 1 aromatic carbocycles. The average molecular weight is 279 g/mol. The summed E-state index contributed by atoms with van der Waals surface area (Å²) < 4.78 is 2.94. The molecule has 0 aliphatic carbocycles. The van der Waals surface area contributed by atoms with Gasteiger partial charge in [0.25, 0.3) is 0 Å². The van der Waals surface area contributed by atoms with Crippen molar-refractivity contribution in [2.75, 3.05) is 5.73 Å². The predicted octanol–water partition coefficient (Wildman–Crippen LogP) is 2.24. The fourth-order valence-corrected chi connectivity index (χ4v) is 1.71. The highest BCUT2D eigenvalue weighted by atomic mass is 79.9. The van der Waals surface area contributed by atoms with E-state index in [4.69, 9.17) is 5.73 Å². The smallest absolute Gasteiger partial charge is 0.204 e. The molecular formula is C12H11BrN2O. The number of anilines is 1. The normalized spacial score (nSPS) is 10.3. The van der Waals surface area contributed by atoms with E-state index in [1.807, 2.05) is 28.8 Å². The van der Waals surface area contributed by atoms with Crippen LogP contribution in [-0.2, 0) is 6.54 Å². The minimum absolute atomic E-state index is 0.132. The number of pyridine rings is 1. The Hall–Kier alpha value is -1.55. The van der Waals surface area contributed by atoms with Crippen LogP contribution in [0.1, 0.15) is 5.56 Å². The molecule has 3 nitrogen and oxygen atoms in total. The Labute approximate surface area is 102 Å². The molecule has 82 valence electrons. The molecule has 0 unspecified atom stereocenters. The van der Waals surface area contributed by atoms with Crippen LogP contribution >= 0.6 is 15.9 Å². The van der Waals surface area contributed by atoms with Crippen LogP contribution in [0.4, 0.5) is 5.69 Å². The molecular weight excluding hydrogens is 268 g/mol. The van der Waals surface area contributed by atoms with Gasteiger partial charge in [0.05, 0.1) is 5.69 Å². The highest BCUT2D eigenvalue weighted by molar-refractivity contribution is 9.10. The first-order chi connectivity index (χ1) is 7.65. The van der Waals surface area contributed by atoms with Crippen molar-refractivity contribution < 1.29 is 0 Å². The quantitative estimate of drug-likeness (QED) is 0.916. The Morgan fingerprint density at radius 3 is 2.50 bits per heavy atom. The topological polar surface area (TPSA) is 48.0 Å². The number of rotatable bonds is 2. The third kappa shape index (κ3) is 2.52. The van der Waals surface area contributed by atoms with Crippen molar-refractivity contribution in [3.8, 4) is 0 Å². The number of aromatic nitrogens is 1. The number of hydrogen-bond donors (Lipinski definition) is 1. The van der Waals surface area contributed by atoms with Gasteiger partial charge in [-0.1, -0.05) is 28.1 Å². The van der Waals surface area contributed by atoms with Gasteiger partial charge in [-0.3, -0.25) is 4.79 Å². The van der Waals surface area contributed by atoms with Crippen molar-refractivity contribution in [1.82, 2.24) is 4.57 Å². The molecule has 0 saturated carbocycles.